The summed E-state index contributed by atoms with van der Waals surface area (Å²) in [5, 5.41) is 2.16. The molecule has 0 aliphatic heterocycles. The fraction of sp³-hybridized carbons (Fsp3) is 1.00. The molecule has 0 aromatic rings. The number of methoxy groups -OCH3 is 1. The van der Waals surface area contributed by atoms with Crippen LogP contribution in [0.4, 0.5) is 0 Å². The SMILES string of the molecule is COC(C)(C)OP(=O)(O)CNCP(=O)(O)O. The number of nitrogens with one attached hydrogen (secondary N) is 1. The van der Waals surface area contributed by atoms with Gasteiger partial charge in [0.15, 0.2) is 5.79 Å². The van der Waals surface area contributed by atoms with Gasteiger partial charge in [-0.25, -0.2) is 0 Å². The van der Waals surface area contributed by atoms with E-state index in [1.165, 1.54) is 21.0 Å². The van der Waals surface area contributed by atoms with Crippen molar-refractivity contribution in [2.75, 3.05) is 19.7 Å². The van der Waals surface area contributed by atoms with Gasteiger partial charge in [0, 0.05) is 7.11 Å². The standard InChI is InChI=1S/C6H17NO7P2/c1-6(2,13-3)14-16(11,12)5-7-4-15(8,9)10/h7H,4-5H2,1-3H3,(H,11,12)(H2,8,9,10). The zero-order chi connectivity index (χ0) is 13.0. The van der Waals surface area contributed by atoms with Crippen LogP contribution in [-0.2, 0) is 18.4 Å². The number of hydrogen-bond donors (Lipinski definition) is 4. The van der Waals surface area contributed by atoms with Crippen molar-refractivity contribution in [3.8, 4) is 0 Å². The van der Waals surface area contributed by atoms with E-state index in [1.807, 2.05) is 0 Å². The van der Waals surface area contributed by atoms with Gasteiger partial charge >= 0.3 is 15.2 Å². The zero-order valence-corrected chi connectivity index (χ0v) is 11.1. The molecule has 4 N–H and O–H groups in total. The quantitative estimate of drug-likeness (QED) is 0.385. The van der Waals surface area contributed by atoms with Crippen LogP contribution in [0.1, 0.15) is 13.8 Å². The molecule has 0 heterocycles. The summed E-state index contributed by atoms with van der Waals surface area (Å²) in [4.78, 5) is 26.3. The lowest BCUT2D eigenvalue weighted by molar-refractivity contribution is -0.138. The Morgan fingerprint density at radius 1 is 1.19 bits per heavy atom. The molecule has 0 aromatic heterocycles. The van der Waals surface area contributed by atoms with E-state index < -0.39 is 33.6 Å². The summed E-state index contributed by atoms with van der Waals surface area (Å²) in [6.07, 6.45) is -1.25. The first-order valence-corrected chi connectivity index (χ1v) is 7.86. The molecule has 0 amide bonds. The zero-order valence-electron chi connectivity index (χ0n) is 9.28. The number of ether oxygens (including phenoxy) is 1. The molecule has 10 heteroatoms. The first-order valence-electron chi connectivity index (χ1n) is 4.30. The third-order valence-electron chi connectivity index (χ3n) is 1.48. The second kappa shape index (κ2) is 5.71. The largest absolute Gasteiger partial charge is 0.353 e. The van der Waals surface area contributed by atoms with Crippen molar-refractivity contribution in [2.24, 2.45) is 0 Å². The lowest BCUT2D eigenvalue weighted by atomic mass is 10.4. The van der Waals surface area contributed by atoms with Gasteiger partial charge in [-0.15, -0.1) is 0 Å². The minimum absolute atomic E-state index is 0.565. The lowest BCUT2D eigenvalue weighted by Gasteiger charge is -2.26. The van der Waals surface area contributed by atoms with Gasteiger partial charge in [0.1, 0.15) is 0 Å². The minimum Gasteiger partial charge on any atom is -0.353 e. The minimum atomic E-state index is -4.24. The van der Waals surface area contributed by atoms with Crippen molar-refractivity contribution in [1.29, 1.82) is 0 Å². The maximum atomic E-state index is 11.4. The Morgan fingerprint density at radius 2 is 1.69 bits per heavy atom. The van der Waals surface area contributed by atoms with Crippen LogP contribution in [0.2, 0.25) is 0 Å². The third-order valence-corrected chi connectivity index (χ3v) is 3.47. The Kier molecular flexibility index (Phi) is 5.79. The third kappa shape index (κ3) is 8.38. The molecule has 16 heavy (non-hydrogen) atoms. The van der Waals surface area contributed by atoms with Crippen LogP contribution in [0.25, 0.3) is 0 Å². The van der Waals surface area contributed by atoms with Gasteiger partial charge in [0.25, 0.3) is 0 Å². The number of hydrogen-bond acceptors (Lipinski definition) is 5. The molecule has 98 valence electrons. The average molecular weight is 277 g/mol. The molecule has 0 aliphatic rings. The Balaban J connectivity index is 4.17. The fourth-order valence-electron chi connectivity index (χ4n) is 0.750. The van der Waals surface area contributed by atoms with Crippen LogP contribution in [0.15, 0.2) is 0 Å². The maximum Gasteiger partial charge on any atom is 0.344 e. The second-order valence-electron chi connectivity index (χ2n) is 3.56. The molecule has 1 unspecified atom stereocenters. The molecule has 0 radical (unpaired) electrons. The molecule has 0 aliphatic carbocycles. The molecule has 0 aromatic carbocycles. The first-order chi connectivity index (χ1) is 6.97. The number of rotatable bonds is 7. The summed E-state index contributed by atoms with van der Waals surface area (Å²) in [6.45, 7) is 2.89. The molecule has 0 saturated carbocycles. The van der Waals surface area contributed by atoms with Crippen LogP contribution >= 0.6 is 15.2 Å². The Hall–Kier alpha value is 0.220. The van der Waals surface area contributed by atoms with Gasteiger partial charge in [-0.05, 0) is 13.8 Å². The van der Waals surface area contributed by atoms with Crippen molar-refractivity contribution in [2.45, 2.75) is 19.6 Å². The van der Waals surface area contributed by atoms with Gasteiger partial charge in [-0.2, -0.15) is 0 Å². The van der Waals surface area contributed by atoms with E-state index >= 15 is 0 Å². The molecule has 0 rings (SSSR count). The fourth-order valence-corrected chi connectivity index (χ4v) is 2.55. The smallest absolute Gasteiger partial charge is 0.344 e. The van der Waals surface area contributed by atoms with Crippen molar-refractivity contribution < 1.29 is 33.1 Å². The van der Waals surface area contributed by atoms with E-state index in [0.717, 1.165) is 0 Å². The predicted octanol–water partition coefficient (Wildman–Crippen LogP) is 0.253. The van der Waals surface area contributed by atoms with Gasteiger partial charge in [-0.1, -0.05) is 0 Å². The van der Waals surface area contributed by atoms with Crippen LogP contribution < -0.4 is 5.32 Å². The van der Waals surface area contributed by atoms with Gasteiger partial charge in [0.2, 0.25) is 0 Å². The van der Waals surface area contributed by atoms with Gasteiger partial charge in [0.05, 0.1) is 12.6 Å². The molecular formula is C6H17NO7P2. The van der Waals surface area contributed by atoms with Gasteiger partial charge < -0.3 is 19.4 Å². The highest BCUT2D eigenvalue weighted by molar-refractivity contribution is 7.53. The van der Waals surface area contributed by atoms with E-state index in [-0.39, 0.29) is 0 Å². The molecule has 1 atom stereocenters. The summed E-state index contributed by atoms with van der Waals surface area (Å²) < 4.78 is 31.4. The highest BCUT2D eigenvalue weighted by Gasteiger charge is 2.30. The Morgan fingerprint density at radius 3 is 2.06 bits per heavy atom. The highest BCUT2D eigenvalue weighted by atomic mass is 31.2. The van der Waals surface area contributed by atoms with Crippen molar-refractivity contribution in [3.63, 3.8) is 0 Å². The molecule has 0 fully saturated rings. The summed E-state index contributed by atoms with van der Waals surface area (Å²) in [6, 6.07) is 0. The molecule has 8 nitrogen and oxygen atoms in total. The molecule has 0 bridgehead atoms. The topological polar surface area (TPSA) is 125 Å². The van der Waals surface area contributed by atoms with Crippen molar-refractivity contribution in [3.05, 3.63) is 0 Å². The van der Waals surface area contributed by atoms with Gasteiger partial charge in [-0.3, -0.25) is 19.0 Å². The Bertz CT molecular complexity index is 312. The average Bonchev–Trinajstić information content (AvgIpc) is 1.99. The van der Waals surface area contributed by atoms with Crippen LogP contribution in [0.3, 0.4) is 0 Å². The summed E-state index contributed by atoms with van der Waals surface area (Å²) in [5.74, 6) is -1.24. The maximum absolute atomic E-state index is 11.4. The normalized spacial score (nSPS) is 17.1. The van der Waals surface area contributed by atoms with Crippen molar-refractivity contribution in [1.82, 2.24) is 5.32 Å². The summed E-state index contributed by atoms with van der Waals surface area (Å²) >= 11 is 0. The van der Waals surface area contributed by atoms with E-state index in [1.54, 1.807) is 0 Å². The van der Waals surface area contributed by atoms with Crippen LogP contribution in [0.5, 0.6) is 0 Å². The monoisotopic (exact) mass is 277 g/mol. The molecular weight excluding hydrogens is 260 g/mol. The summed E-state index contributed by atoms with van der Waals surface area (Å²) in [7, 11) is -6.93. The van der Waals surface area contributed by atoms with Crippen molar-refractivity contribution >= 4 is 15.2 Å². The molecule has 0 saturated heterocycles. The summed E-state index contributed by atoms with van der Waals surface area (Å²) in [5.41, 5.74) is 0. The second-order valence-corrected chi connectivity index (χ2v) is 6.98. The lowest BCUT2D eigenvalue weighted by Crippen LogP contribution is -2.28. The van der Waals surface area contributed by atoms with E-state index in [9.17, 15) is 14.0 Å². The van der Waals surface area contributed by atoms with Crippen LogP contribution in [0, 0.1) is 0 Å². The van der Waals surface area contributed by atoms with E-state index in [0.29, 0.717) is 0 Å². The van der Waals surface area contributed by atoms with E-state index in [4.69, 9.17) is 19.0 Å². The predicted molar refractivity (Wildman–Crippen MR) is 56.9 cm³/mol. The Labute approximate surface area is 93.6 Å². The highest BCUT2D eigenvalue weighted by Crippen LogP contribution is 2.45. The molecule has 0 spiro atoms. The van der Waals surface area contributed by atoms with Crippen LogP contribution in [-0.4, -0.2) is 40.1 Å². The van der Waals surface area contributed by atoms with E-state index in [2.05, 4.69) is 5.32 Å². The first kappa shape index (κ1) is 16.2.